The predicted octanol–water partition coefficient (Wildman–Crippen LogP) is 6.52. The van der Waals surface area contributed by atoms with Crippen LogP contribution in [0.4, 0.5) is 0 Å². The molecule has 1 aromatic rings. The average molecular weight is 663 g/mol. The number of amides is 3. The lowest BCUT2D eigenvalue weighted by Gasteiger charge is -2.31. The van der Waals surface area contributed by atoms with Gasteiger partial charge in [-0.05, 0) is 96.2 Å². The van der Waals surface area contributed by atoms with Crippen LogP contribution in [0.1, 0.15) is 93.4 Å². The molecule has 1 aliphatic carbocycles. The molecule has 2 atom stereocenters. The van der Waals surface area contributed by atoms with Crippen LogP contribution in [0.3, 0.4) is 0 Å². The number of hydrogen-bond acceptors (Lipinski definition) is 5. The summed E-state index contributed by atoms with van der Waals surface area (Å²) in [5.74, 6) is 2.34. The molecule has 3 saturated heterocycles. The van der Waals surface area contributed by atoms with Crippen molar-refractivity contribution in [2.45, 2.75) is 105 Å². The summed E-state index contributed by atoms with van der Waals surface area (Å²) >= 11 is 5.54. The number of halogens is 1. The van der Waals surface area contributed by atoms with Crippen LogP contribution in [0.25, 0.3) is 0 Å². The van der Waals surface area contributed by atoms with E-state index in [0.717, 1.165) is 75.9 Å². The molecular weight excluding hydrogens is 600 g/mol. The number of morpholine rings is 1. The van der Waals surface area contributed by atoms with Crippen LogP contribution in [0.15, 0.2) is 30.3 Å². The number of carbonyl (C=O) groups is 3. The van der Waals surface area contributed by atoms with Gasteiger partial charge in [0.15, 0.2) is 0 Å². The van der Waals surface area contributed by atoms with Crippen LogP contribution in [-0.2, 0) is 19.1 Å². The molecule has 0 bridgehead atoms. The van der Waals surface area contributed by atoms with Gasteiger partial charge < -0.3 is 19.9 Å². The third kappa shape index (κ3) is 15.2. The predicted molar refractivity (Wildman–Crippen MR) is 189 cm³/mol. The lowest BCUT2D eigenvalue weighted by atomic mass is 9.87. The molecule has 1 aromatic carbocycles. The van der Waals surface area contributed by atoms with Gasteiger partial charge in [0.2, 0.25) is 18.2 Å². The molecule has 8 nitrogen and oxygen atoms in total. The van der Waals surface area contributed by atoms with Gasteiger partial charge in [-0.2, -0.15) is 0 Å². The zero-order chi connectivity index (χ0) is 34.1. The quantitative estimate of drug-likeness (QED) is 0.363. The van der Waals surface area contributed by atoms with Gasteiger partial charge in [-0.15, -0.1) is 0 Å². The highest BCUT2D eigenvalue weighted by atomic mass is 35.5. The van der Waals surface area contributed by atoms with E-state index in [4.69, 9.17) is 16.3 Å². The molecule has 4 aliphatic rings. The molecule has 1 saturated carbocycles. The minimum atomic E-state index is 0.143. The average Bonchev–Trinajstić information content (AvgIpc) is 3.77. The van der Waals surface area contributed by atoms with Crippen LogP contribution >= 0.6 is 11.6 Å². The topological polar surface area (TPSA) is 82.2 Å². The van der Waals surface area contributed by atoms with E-state index in [0.29, 0.717) is 31.1 Å². The Labute approximate surface area is 284 Å². The Morgan fingerprint density at radius 1 is 0.913 bits per heavy atom. The second kappa shape index (κ2) is 20.9. The van der Waals surface area contributed by atoms with Gasteiger partial charge in [-0.1, -0.05) is 57.5 Å². The zero-order valence-electron chi connectivity index (χ0n) is 29.8. The molecule has 3 aliphatic heterocycles. The molecule has 262 valence electrons. The van der Waals surface area contributed by atoms with Crippen LogP contribution < -0.4 is 5.32 Å². The highest BCUT2D eigenvalue weighted by Gasteiger charge is 2.36. The minimum Gasteiger partial charge on any atom is -0.378 e. The standard InChI is InChI=1S/C13H24N2O.C13H25NO.C6H5Cl.C5H9NO2/c1-13(2,3)15-9-6-11(10-15)12(16)14-7-4-5-8-14;1-9(2)11(4)13(15)14-12-7-5-10(3)6-8-12;7-6-4-2-1-3-5-6;7-5-6-1-3-8-4-2-6/h11H,4-10H2,1-3H3;9-12H,5-8H2,1-4H3,(H,14,15);1-5H;5H,1-4H2. The Balaban J connectivity index is 0.000000226. The number of hydrogen-bond donors (Lipinski definition) is 1. The van der Waals surface area contributed by atoms with E-state index in [1.54, 1.807) is 4.90 Å². The van der Waals surface area contributed by atoms with Gasteiger partial charge in [-0.25, -0.2) is 0 Å². The van der Waals surface area contributed by atoms with Crippen LogP contribution in [-0.4, -0.2) is 97.0 Å². The summed E-state index contributed by atoms with van der Waals surface area (Å²) < 4.78 is 5.00. The second-order valence-corrected chi connectivity index (χ2v) is 15.1. The first-order chi connectivity index (χ1) is 21.8. The largest absolute Gasteiger partial charge is 0.378 e. The molecule has 0 aromatic heterocycles. The summed E-state index contributed by atoms with van der Waals surface area (Å²) in [4.78, 5) is 40.3. The molecule has 1 N–H and O–H groups in total. The number of likely N-dealkylation sites (tertiary alicyclic amines) is 2. The second-order valence-electron chi connectivity index (χ2n) is 14.7. The molecule has 4 fully saturated rings. The molecule has 0 spiro atoms. The van der Waals surface area contributed by atoms with Crippen molar-refractivity contribution in [3.05, 3.63) is 35.4 Å². The maximum Gasteiger partial charge on any atom is 0.227 e. The fourth-order valence-corrected chi connectivity index (χ4v) is 6.05. The molecule has 9 heteroatoms. The fourth-order valence-electron chi connectivity index (χ4n) is 5.90. The number of nitrogens with one attached hydrogen (secondary N) is 1. The van der Waals surface area contributed by atoms with Crippen molar-refractivity contribution in [3.63, 3.8) is 0 Å². The Hall–Kier alpha value is -2.16. The highest BCUT2D eigenvalue weighted by Crippen LogP contribution is 2.27. The third-order valence-corrected chi connectivity index (χ3v) is 9.86. The van der Waals surface area contributed by atoms with Crippen molar-refractivity contribution in [1.82, 2.24) is 20.0 Å². The lowest BCUT2D eigenvalue weighted by Crippen LogP contribution is -2.41. The summed E-state index contributed by atoms with van der Waals surface area (Å²) in [5.41, 5.74) is 0.208. The number of rotatable bonds is 5. The van der Waals surface area contributed by atoms with Crippen LogP contribution in [0.5, 0.6) is 0 Å². The maximum absolute atomic E-state index is 12.2. The Kier molecular flexibility index (Phi) is 18.2. The first-order valence-electron chi connectivity index (χ1n) is 17.6. The summed E-state index contributed by atoms with van der Waals surface area (Å²) in [6.45, 7) is 22.1. The molecular formula is C37H63ClN4O4. The summed E-state index contributed by atoms with van der Waals surface area (Å²) in [5, 5.41) is 3.98. The molecule has 2 unspecified atom stereocenters. The van der Waals surface area contributed by atoms with Gasteiger partial charge in [0, 0.05) is 55.2 Å². The number of nitrogens with zero attached hydrogens (tertiary/aromatic N) is 3. The third-order valence-electron chi connectivity index (χ3n) is 9.61. The number of ether oxygens (including phenoxy) is 1. The summed E-state index contributed by atoms with van der Waals surface area (Å²) in [6, 6.07) is 9.88. The van der Waals surface area contributed by atoms with Crippen LogP contribution in [0.2, 0.25) is 5.02 Å². The Morgan fingerprint density at radius 3 is 1.93 bits per heavy atom. The van der Waals surface area contributed by atoms with Crippen molar-refractivity contribution in [3.8, 4) is 0 Å². The van der Waals surface area contributed by atoms with Crippen molar-refractivity contribution in [2.24, 2.45) is 23.7 Å². The van der Waals surface area contributed by atoms with Gasteiger partial charge in [0.25, 0.3) is 0 Å². The van der Waals surface area contributed by atoms with E-state index in [1.807, 2.05) is 37.3 Å². The molecule has 0 radical (unpaired) electrons. The van der Waals surface area contributed by atoms with Crippen molar-refractivity contribution in [1.29, 1.82) is 0 Å². The monoisotopic (exact) mass is 662 g/mol. The molecule has 3 heterocycles. The fraction of sp³-hybridized carbons (Fsp3) is 0.757. The Morgan fingerprint density at radius 2 is 1.50 bits per heavy atom. The first kappa shape index (κ1) is 40.0. The summed E-state index contributed by atoms with van der Waals surface area (Å²) in [7, 11) is 0. The van der Waals surface area contributed by atoms with Gasteiger partial charge in [0.1, 0.15) is 0 Å². The number of carbonyl (C=O) groups excluding carboxylic acids is 3. The van der Waals surface area contributed by atoms with Gasteiger partial charge in [-0.3, -0.25) is 19.3 Å². The smallest absolute Gasteiger partial charge is 0.227 e. The first-order valence-corrected chi connectivity index (χ1v) is 18.0. The molecule has 46 heavy (non-hydrogen) atoms. The van der Waals surface area contributed by atoms with E-state index in [-0.39, 0.29) is 23.3 Å². The van der Waals surface area contributed by atoms with E-state index in [9.17, 15) is 14.4 Å². The van der Waals surface area contributed by atoms with Gasteiger partial charge in [0.05, 0.1) is 19.1 Å². The normalized spacial score (nSPS) is 24.0. The number of benzene rings is 1. The highest BCUT2D eigenvalue weighted by molar-refractivity contribution is 6.30. The Bertz CT molecular complexity index is 998. The van der Waals surface area contributed by atoms with Crippen LogP contribution in [0, 0.1) is 23.7 Å². The van der Waals surface area contributed by atoms with Crippen molar-refractivity contribution < 1.29 is 19.1 Å². The van der Waals surface area contributed by atoms with E-state index < -0.39 is 0 Å². The molecule has 3 amide bonds. The minimum absolute atomic E-state index is 0.143. The van der Waals surface area contributed by atoms with Crippen molar-refractivity contribution in [2.75, 3.05) is 52.5 Å². The zero-order valence-corrected chi connectivity index (χ0v) is 30.6. The van der Waals surface area contributed by atoms with E-state index in [1.165, 1.54) is 25.7 Å². The molecule has 5 rings (SSSR count). The van der Waals surface area contributed by atoms with E-state index in [2.05, 4.69) is 56.7 Å². The summed E-state index contributed by atoms with van der Waals surface area (Å²) in [6.07, 6.45) is 9.16. The lowest BCUT2D eigenvalue weighted by molar-refractivity contribution is -0.134. The maximum atomic E-state index is 12.2. The van der Waals surface area contributed by atoms with E-state index >= 15 is 0 Å². The van der Waals surface area contributed by atoms with Gasteiger partial charge >= 0.3 is 0 Å². The van der Waals surface area contributed by atoms with Crippen molar-refractivity contribution >= 4 is 29.8 Å². The SMILES string of the molecule is CC(C)(C)N1CCC(C(=O)N2CCCC2)C1.CC1CCC(NC(=O)C(C)C(C)C)CC1.Clc1ccccc1.O=CN1CCOCC1.